The van der Waals surface area contributed by atoms with Gasteiger partial charge >= 0.3 is 12.1 Å². The van der Waals surface area contributed by atoms with Gasteiger partial charge in [-0.2, -0.15) is 0 Å². The number of amides is 3. The van der Waals surface area contributed by atoms with E-state index in [0.717, 1.165) is 10.9 Å². The summed E-state index contributed by atoms with van der Waals surface area (Å²) in [6, 6.07) is 9.02. The van der Waals surface area contributed by atoms with Crippen LogP contribution in [0.3, 0.4) is 0 Å². The normalized spacial score (nSPS) is 13.6. The largest absolute Gasteiger partial charge is 0.481 e. The molecule has 10 heteroatoms. The number of carboxylic acid groups (broad SMARTS) is 1. The van der Waals surface area contributed by atoms with Crippen molar-refractivity contribution in [3.8, 4) is 0 Å². The van der Waals surface area contributed by atoms with E-state index in [-0.39, 0.29) is 30.7 Å². The van der Waals surface area contributed by atoms with E-state index in [4.69, 9.17) is 9.84 Å². The number of piperazine rings is 1. The summed E-state index contributed by atoms with van der Waals surface area (Å²) in [5.41, 5.74) is 1.66. The van der Waals surface area contributed by atoms with Crippen molar-refractivity contribution in [2.45, 2.75) is 26.2 Å². The van der Waals surface area contributed by atoms with Gasteiger partial charge in [0.25, 0.3) is 5.91 Å². The smallest absolute Gasteiger partial charge is 0.409 e. The number of fused-ring (bicyclic) bond motifs is 1. The molecule has 0 radical (unpaired) electrons. The van der Waals surface area contributed by atoms with E-state index < -0.39 is 11.9 Å². The Bertz CT molecular complexity index is 1030. The van der Waals surface area contributed by atoms with Crippen LogP contribution in [-0.4, -0.2) is 83.1 Å². The summed E-state index contributed by atoms with van der Waals surface area (Å²) in [4.78, 5) is 55.4. The van der Waals surface area contributed by atoms with Crippen molar-refractivity contribution in [3.05, 3.63) is 41.6 Å². The number of aromatic nitrogens is 1. The fourth-order valence-electron chi connectivity index (χ4n) is 3.71. The topological polar surface area (TPSA) is 129 Å². The third kappa shape index (κ3) is 6.41. The molecule has 0 unspecified atom stereocenters. The molecule has 1 aromatic heterocycles. The molecule has 0 bridgehead atoms. The molecule has 10 nitrogen and oxygen atoms in total. The molecule has 0 atom stereocenters. The van der Waals surface area contributed by atoms with Gasteiger partial charge in [-0.25, -0.2) is 9.78 Å². The predicted molar refractivity (Wildman–Crippen MR) is 120 cm³/mol. The Balaban J connectivity index is 1.59. The van der Waals surface area contributed by atoms with Gasteiger partial charge in [-0.05, 0) is 37.5 Å². The van der Waals surface area contributed by atoms with Crippen molar-refractivity contribution in [2.75, 3.05) is 39.3 Å². The van der Waals surface area contributed by atoms with Crippen LogP contribution in [-0.2, 0) is 20.7 Å². The number of para-hydroxylation sites is 1. The molecule has 33 heavy (non-hydrogen) atoms. The van der Waals surface area contributed by atoms with Crippen LogP contribution in [0.5, 0.6) is 0 Å². The Morgan fingerprint density at radius 1 is 1.09 bits per heavy atom. The van der Waals surface area contributed by atoms with Crippen LogP contribution < -0.4 is 5.32 Å². The maximum atomic E-state index is 12.7. The number of nitrogens with zero attached hydrogens (tertiary/aromatic N) is 3. The maximum Gasteiger partial charge on any atom is 0.409 e. The molecule has 2 aromatic rings. The summed E-state index contributed by atoms with van der Waals surface area (Å²) in [5.74, 6) is -1.58. The molecule has 3 amide bonds. The van der Waals surface area contributed by atoms with Crippen molar-refractivity contribution < 1.29 is 29.0 Å². The number of pyridine rings is 1. The van der Waals surface area contributed by atoms with Gasteiger partial charge in [0.1, 0.15) is 5.69 Å². The van der Waals surface area contributed by atoms with E-state index in [1.54, 1.807) is 28.9 Å². The van der Waals surface area contributed by atoms with Crippen molar-refractivity contribution >= 4 is 34.8 Å². The van der Waals surface area contributed by atoms with Gasteiger partial charge in [0.2, 0.25) is 5.91 Å². The third-order valence-corrected chi connectivity index (χ3v) is 5.43. The summed E-state index contributed by atoms with van der Waals surface area (Å²) in [6.07, 6.45) is 0.593. The number of ether oxygens (including phenoxy) is 1. The van der Waals surface area contributed by atoms with E-state index >= 15 is 0 Å². The van der Waals surface area contributed by atoms with Gasteiger partial charge in [0, 0.05) is 38.0 Å². The lowest BCUT2D eigenvalue weighted by molar-refractivity contribution is -0.137. The molecule has 1 aliphatic heterocycles. The lowest BCUT2D eigenvalue weighted by Crippen LogP contribution is -2.52. The number of carboxylic acids is 1. The summed E-state index contributed by atoms with van der Waals surface area (Å²) in [6.45, 7) is 3.36. The number of hydrogen-bond donors (Lipinski definition) is 2. The lowest BCUT2D eigenvalue weighted by Gasteiger charge is -2.34. The van der Waals surface area contributed by atoms with Crippen LogP contribution in [0.1, 0.15) is 35.8 Å². The minimum absolute atomic E-state index is 0.0378. The second-order valence-corrected chi connectivity index (χ2v) is 7.68. The second-order valence-electron chi connectivity index (χ2n) is 7.68. The number of nitrogens with one attached hydrogen (secondary N) is 1. The first kappa shape index (κ1) is 24.0. The molecule has 0 saturated carbocycles. The monoisotopic (exact) mass is 456 g/mol. The quantitative estimate of drug-likeness (QED) is 0.618. The highest BCUT2D eigenvalue weighted by molar-refractivity contribution is 5.97. The van der Waals surface area contributed by atoms with Gasteiger partial charge in [0.15, 0.2) is 0 Å². The standard InChI is InChI=1S/C23H28N4O6/c1-2-33-23(32)27-12-10-26(11-13-27)20(28)15-24-22(31)19-14-16(6-5-9-21(29)30)17-7-3-4-8-18(17)25-19/h3-4,7-8,14H,2,5-6,9-13,15H2,1H3,(H,24,31)(H,29,30). The first-order chi connectivity index (χ1) is 15.9. The molecule has 1 aliphatic rings. The number of hydrogen-bond acceptors (Lipinski definition) is 6. The van der Waals surface area contributed by atoms with Crippen LogP contribution in [0.25, 0.3) is 10.9 Å². The SMILES string of the molecule is CCOC(=O)N1CCN(C(=O)CNC(=O)c2cc(CCCC(=O)O)c3ccccc3n2)CC1. The highest BCUT2D eigenvalue weighted by Gasteiger charge is 2.25. The third-order valence-electron chi connectivity index (χ3n) is 5.43. The first-order valence-electron chi connectivity index (χ1n) is 11.0. The Morgan fingerprint density at radius 3 is 2.48 bits per heavy atom. The van der Waals surface area contributed by atoms with E-state index in [9.17, 15) is 19.2 Å². The Morgan fingerprint density at radius 2 is 1.79 bits per heavy atom. The van der Waals surface area contributed by atoms with Crippen LogP contribution in [0.4, 0.5) is 4.79 Å². The van der Waals surface area contributed by atoms with Gasteiger partial charge in [0.05, 0.1) is 18.7 Å². The lowest BCUT2D eigenvalue weighted by atomic mass is 10.0. The Hall–Kier alpha value is -3.69. The van der Waals surface area contributed by atoms with Gasteiger partial charge in [-0.15, -0.1) is 0 Å². The van der Waals surface area contributed by atoms with Crippen molar-refractivity contribution in [3.63, 3.8) is 0 Å². The predicted octanol–water partition coefficient (Wildman–Crippen LogP) is 1.67. The van der Waals surface area contributed by atoms with E-state index in [0.29, 0.717) is 51.1 Å². The van der Waals surface area contributed by atoms with Crippen LogP contribution in [0, 0.1) is 0 Å². The molecule has 2 heterocycles. The molecule has 0 spiro atoms. The summed E-state index contributed by atoms with van der Waals surface area (Å²) in [7, 11) is 0. The highest BCUT2D eigenvalue weighted by Crippen LogP contribution is 2.20. The molecule has 2 N–H and O–H groups in total. The zero-order valence-electron chi connectivity index (χ0n) is 18.6. The van der Waals surface area contributed by atoms with Gasteiger partial charge < -0.3 is 25.0 Å². The summed E-state index contributed by atoms with van der Waals surface area (Å²) < 4.78 is 4.97. The molecule has 176 valence electrons. The summed E-state index contributed by atoms with van der Waals surface area (Å²) >= 11 is 0. The molecule has 1 aromatic carbocycles. The van der Waals surface area contributed by atoms with Crippen molar-refractivity contribution in [2.24, 2.45) is 0 Å². The minimum atomic E-state index is -0.868. The van der Waals surface area contributed by atoms with Crippen molar-refractivity contribution in [1.82, 2.24) is 20.1 Å². The number of carbonyl (C=O) groups excluding carboxylic acids is 3. The zero-order chi connectivity index (χ0) is 23.8. The Labute approximate surface area is 191 Å². The van der Waals surface area contributed by atoms with Crippen LogP contribution in [0.2, 0.25) is 0 Å². The molecular weight excluding hydrogens is 428 g/mol. The first-order valence-corrected chi connectivity index (χ1v) is 11.0. The number of aryl methyl sites for hydroxylation is 1. The van der Waals surface area contributed by atoms with Gasteiger partial charge in [-0.1, -0.05) is 18.2 Å². The van der Waals surface area contributed by atoms with Crippen LogP contribution >= 0.6 is 0 Å². The number of aliphatic carboxylic acids is 1. The average Bonchev–Trinajstić information content (AvgIpc) is 2.82. The van der Waals surface area contributed by atoms with Gasteiger partial charge in [-0.3, -0.25) is 14.4 Å². The number of carbonyl (C=O) groups is 4. The average molecular weight is 456 g/mol. The molecule has 0 aliphatic carbocycles. The molecule has 1 saturated heterocycles. The molecule has 1 fully saturated rings. The number of rotatable bonds is 8. The minimum Gasteiger partial charge on any atom is -0.481 e. The number of benzene rings is 1. The Kier molecular flexibility index (Phi) is 8.17. The summed E-state index contributed by atoms with van der Waals surface area (Å²) in [5, 5.41) is 12.4. The fraction of sp³-hybridized carbons (Fsp3) is 0.435. The second kappa shape index (κ2) is 11.3. The van der Waals surface area contributed by atoms with E-state index in [2.05, 4.69) is 10.3 Å². The zero-order valence-corrected chi connectivity index (χ0v) is 18.6. The maximum absolute atomic E-state index is 12.7. The van der Waals surface area contributed by atoms with Crippen molar-refractivity contribution in [1.29, 1.82) is 0 Å². The van der Waals surface area contributed by atoms with E-state index in [1.165, 1.54) is 0 Å². The van der Waals surface area contributed by atoms with E-state index in [1.807, 2.05) is 18.2 Å². The van der Waals surface area contributed by atoms with Crippen LogP contribution in [0.15, 0.2) is 30.3 Å². The molecule has 3 rings (SSSR count). The molecular formula is C23H28N4O6. The fourth-order valence-corrected chi connectivity index (χ4v) is 3.71. The highest BCUT2D eigenvalue weighted by atomic mass is 16.6.